The molecule has 1 unspecified atom stereocenters. The molecule has 1 aliphatic heterocycles. The summed E-state index contributed by atoms with van der Waals surface area (Å²) >= 11 is 0. The third-order valence-corrected chi connectivity index (χ3v) is 3.92. The molecule has 1 fully saturated rings. The molecular formula is C16H19F3N2O. The molecule has 1 amide bonds. The molecule has 2 N–H and O–H groups in total. The largest absolute Gasteiger partial charge is 0.416 e. The Kier molecular flexibility index (Phi) is 4.90. The Hall–Kier alpha value is -1.82. The highest BCUT2D eigenvalue weighted by atomic mass is 19.4. The van der Waals surface area contributed by atoms with Gasteiger partial charge in [-0.1, -0.05) is 12.1 Å². The van der Waals surface area contributed by atoms with Gasteiger partial charge in [0.05, 0.1) is 5.56 Å². The average molecular weight is 312 g/mol. The monoisotopic (exact) mass is 312 g/mol. The maximum absolute atomic E-state index is 12.7. The molecule has 120 valence electrons. The van der Waals surface area contributed by atoms with Crippen molar-refractivity contribution in [2.75, 3.05) is 19.6 Å². The van der Waals surface area contributed by atoms with Crippen molar-refractivity contribution < 1.29 is 18.0 Å². The molecule has 0 radical (unpaired) electrons. The molecule has 0 aromatic heterocycles. The van der Waals surface area contributed by atoms with Gasteiger partial charge in [-0.25, -0.2) is 0 Å². The number of benzene rings is 1. The standard InChI is InChI=1S/C16H19F3N2O/c1-11(7-15(22)21-6-5-12(9-20)10-21)13-3-2-4-14(8-13)16(17,18)19/h2-4,7-8,12H,5-6,9-10,20H2,1H3/b11-7+. The second-order valence-corrected chi connectivity index (χ2v) is 5.58. The summed E-state index contributed by atoms with van der Waals surface area (Å²) in [7, 11) is 0. The predicted octanol–water partition coefficient (Wildman–Crippen LogP) is 2.92. The summed E-state index contributed by atoms with van der Waals surface area (Å²) < 4.78 is 38.1. The van der Waals surface area contributed by atoms with E-state index in [0.717, 1.165) is 18.6 Å². The molecular weight excluding hydrogens is 293 g/mol. The van der Waals surface area contributed by atoms with E-state index in [1.54, 1.807) is 17.9 Å². The molecule has 0 spiro atoms. The summed E-state index contributed by atoms with van der Waals surface area (Å²) in [4.78, 5) is 13.8. The fraction of sp³-hybridized carbons (Fsp3) is 0.438. The Morgan fingerprint density at radius 1 is 1.45 bits per heavy atom. The van der Waals surface area contributed by atoms with Crippen LogP contribution in [0.1, 0.15) is 24.5 Å². The van der Waals surface area contributed by atoms with Gasteiger partial charge >= 0.3 is 6.18 Å². The molecule has 6 heteroatoms. The third-order valence-electron chi connectivity index (χ3n) is 3.92. The van der Waals surface area contributed by atoms with Crippen LogP contribution in [0.4, 0.5) is 13.2 Å². The molecule has 1 aromatic carbocycles. The van der Waals surface area contributed by atoms with E-state index in [0.29, 0.717) is 36.7 Å². The normalized spacial score (nSPS) is 19.6. The average Bonchev–Trinajstić information content (AvgIpc) is 2.95. The van der Waals surface area contributed by atoms with Gasteiger partial charge in [-0.3, -0.25) is 4.79 Å². The van der Waals surface area contributed by atoms with Gasteiger partial charge in [0.2, 0.25) is 5.91 Å². The van der Waals surface area contributed by atoms with Crippen LogP contribution in [0.15, 0.2) is 30.3 Å². The number of halogens is 3. The lowest BCUT2D eigenvalue weighted by atomic mass is 10.0. The molecule has 0 aliphatic carbocycles. The van der Waals surface area contributed by atoms with Crippen LogP contribution in [-0.2, 0) is 11.0 Å². The lowest BCUT2D eigenvalue weighted by molar-refractivity contribution is -0.137. The van der Waals surface area contributed by atoms with Gasteiger partial charge in [0.25, 0.3) is 0 Å². The van der Waals surface area contributed by atoms with E-state index in [1.807, 2.05) is 0 Å². The van der Waals surface area contributed by atoms with Crippen LogP contribution in [0.5, 0.6) is 0 Å². The number of rotatable bonds is 3. The maximum Gasteiger partial charge on any atom is 0.416 e. The minimum atomic E-state index is -4.39. The Labute approximate surface area is 127 Å². The van der Waals surface area contributed by atoms with Gasteiger partial charge in [0.1, 0.15) is 0 Å². The maximum atomic E-state index is 12.7. The number of allylic oxidation sites excluding steroid dienone is 1. The van der Waals surface area contributed by atoms with Crippen molar-refractivity contribution in [1.82, 2.24) is 4.90 Å². The van der Waals surface area contributed by atoms with Gasteiger partial charge < -0.3 is 10.6 Å². The van der Waals surface area contributed by atoms with Crippen molar-refractivity contribution in [2.24, 2.45) is 11.7 Å². The second kappa shape index (κ2) is 6.52. The summed E-state index contributed by atoms with van der Waals surface area (Å²) in [6.07, 6.45) is -2.11. The minimum absolute atomic E-state index is 0.175. The van der Waals surface area contributed by atoms with Gasteiger partial charge in [0.15, 0.2) is 0 Å². The minimum Gasteiger partial charge on any atom is -0.339 e. The van der Waals surface area contributed by atoms with Crippen molar-refractivity contribution in [3.8, 4) is 0 Å². The Balaban J connectivity index is 2.14. The van der Waals surface area contributed by atoms with Gasteiger partial charge in [-0.05, 0) is 49.1 Å². The Bertz CT molecular complexity index is 581. The first-order valence-electron chi connectivity index (χ1n) is 7.16. The lowest BCUT2D eigenvalue weighted by Gasteiger charge is -2.15. The van der Waals surface area contributed by atoms with Crippen molar-refractivity contribution in [2.45, 2.75) is 19.5 Å². The highest BCUT2D eigenvalue weighted by molar-refractivity contribution is 5.95. The SMILES string of the molecule is C/C(=C\C(=O)N1CCC(CN)C1)c1cccc(C(F)(F)F)c1. The number of hydrogen-bond donors (Lipinski definition) is 1. The number of alkyl halides is 3. The van der Waals surface area contributed by atoms with E-state index in [-0.39, 0.29) is 5.91 Å². The topological polar surface area (TPSA) is 46.3 Å². The molecule has 0 saturated carbocycles. The number of carbonyl (C=O) groups is 1. The molecule has 1 aliphatic rings. The van der Waals surface area contributed by atoms with Gasteiger partial charge in [-0.2, -0.15) is 13.2 Å². The summed E-state index contributed by atoms with van der Waals surface area (Å²) in [5, 5.41) is 0. The molecule has 3 nitrogen and oxygen atoms in total. The van der Waals surface area contributed by atoms with E-state index >= 15 is 0 Å². The van der Waals surface area contributed by atoms with E-state index in [9.17, 15) is 18.0 Å². The fourth-order valence-electron chi connectivity index (χ4n) is 2.53. The summed E-state index contributed by atoms with van der Waals surface area (Å²) in [5.74, 6) is 0.136. The van der Waals surface area contributed by atoms with Crippen LogP contribution in [0.2, 0.25) is 0 Å². The van der Waals surface area contributed by atoms with Crippen LogP contribution in [-0.4, -0.2) is 30.4 Å². The van der Waals surface area contributed by atoms with Crippen molar-refractivity contribution in [3.63, 3.8) is 0 Å². The van der Waals surface area contributed by atoms with E-state index in [1.165, 1.54) is 12.1 Å². The van der Waals surface area contributed by atoms with Crippen LogP contribution in [0, 0.1) is 5.92 Å². The molecule has 0 bridgehead atoms. The van der Waals surface area contributed by atoms with Gasteiger partial charge in [0, 0.05) is 19.2 Å². The first-order chi connectivity index (χ1) is 10.3. The highest BCUT2D eigenvalue weighted by Crippen LogP contribution is 2.31. The summed E-state index contributed by atoms with van der Waals surface area (Å²) in [6.45, 7) is 3.44. The fourth-order valence-corrected chi connectivity index (χ4v) is 2.53. The first-order valence-corrected chi connectivity index (χ1v) is 7.16. The zero-order chi connectivity index (χ0) is 16.3. The number of carbonyl (C=O) groups excluding carboxylic acids is 1. The molecule has 1 heterocycles. The quantitative estimate of drug-likeness (QED) is 0.872. The van der Waals surface area contributed by atoms with Crippen LogP contribution in [0.3, 0.4) is 0 Å². The smallest absolute Gasteiger partial charge is 0.339 e. The highest BCUT2D eigenvalue weighted by Gasteiger charge is 2.30. The van der Waals surface area contributed by atoms with Crippen molar-refractivity contribution in [1.29, 1.82) is 0 Å². The van der Waals surface area contributed by atoms with Crippen LogP contribution >= 0.6 is 0 Å². The van der Waals surface area contributed by atoms with Crippen LogP contribution in [0.25, 0.3) is 5.57 Å². The Morgan fingerprint density at radius 2 is 2.18 bits per heavy atom. The lowest BCUT2D eigenvalue weighted by Crippen LogP contribution is -2.28. The number of nitrogens with two attached hydrogens (primary N) is 1. The number of amides is 1. The van der Waals surface area contributed by atoms with Crippen molar-refractivity contribution in [3.05, 3.63) is 41.5 Å². The summed E-state index contributed by atoms with van der Waals surface area (Å²) in [6, 6.07) is 5.00. The van der Waals surface area contributed by atoms with E-state index in [4.69, 9.17) is 5.73 Å². The Morgan fingerprint density at radius 3 is 2.77 bits per heavy atom. The number of nitrogens with zero attached hydrogens (tertiary/aromatic N) is 1. The molecule has 22 heavy (non-hydrogen) atoms. The first kappa shape index (κ1) is 16.5. The molecule has 1 atom stereocenters. The predicted molar refractivity (Wildman–Crippen MR) is 78.8 cm³/mol. The summed E-state index contributed by atoms with van der Waals surface area (Å²) in [5.41, 5.74) is 5.79. The molecule has 1 saturated heterocycles. The van der Waals surface area contributed by atoms with Gasteiger partial charge in [-0.15, -0.1) is 0 Å². The van der Waals surface area contributed by atoms with E-state index < -0.39 is 11.7 Å². The second-order valence-electron chi connectivity index (χ2n) is 5.58. The van der Waals surface area contributed by atoms with Crippen LogP contribution < -0.4 is 5.73 Å². The number of likely N-dealkylation sites (tertiary alicyclic amines) is 1. The molecule has 2 rings (SSSR count). The zero-order valence-corrected chi connectivity index (χ0v) is 12.4. The van der Waals surface area contributed by atoms with E-state index in [2.05, 4.69) is 0 Å². The number of hydrogen-bond acceptors (Lipinski definition) is 2. The third kappa shape index (κ3) is 3.88. The zero-order valence-electron chi connectivity index (χ0n) is 12.4. The molecule has 1 aromatic rings. The van der Waals surface area contributed by atoms with Crippen molar-refractivity contribution >= 4 is 11.5 Å².